The Balaban J connectivity index is 1.93. The highest BCUT2D eigenvalue weighted by Gasteiger charge is 2.40. The first kappa shape index (κ1) is 11.0. The number of sulfone groups is 1. The van der Waals surface area contributed by atoms with Crippen molar-refractivity contribution in [3.8, 4) is 0 Å². The van der Waals surface area contributed by atoms with Crippen molar-refractivity contribution < 1.29 is 8.42 Å². The molecule has 0 amide bonds. The van der Waals surface area contributed by atoms with Gasteiger partial charge in [-0.3, -0.25) is 0 Å². The van der Waals surface area contributed by atoms with Crippen LogP contribution >= 0.6 is 0 Å². The van der Waals surface area contributed by atoms with Gasteiger partial charge in [-0.25, -0.2) is 8.42 Å². The predicted molar refractivity (Wildman–Crippen MR) is 67.9 cm³/mol. The molecule has 0 aliphatic carbocycles. The molecule has 3 rings (SSSR count). The van der Waals surface area contributed by atoms with Crippen LogP contribution in [0.4, 0.5) is 5.69 Å². The molecule has 2 aliphatic rings. The molecule has 0 spiro atoms. The summed E-state index contributed by atoms with van der Waals surface area (Å²) in [5.74, 6) is 0.318. The van der Waals surface area contributed by atoms with E-state index in [1.54, 1.807) is 0 Å². The summed E-state index contributed by atoms with van der Waals surface area (Å²) in [4.78, 5) is 2.17. The number of para-hydroxylation sites is 1. The summed E-state index contributed by atoms with van der Waals surface area (Å²) in [7, 11) is -2.95. The molecule has 2 aliphatic heterocycles. The average Bonchev–Trinajstić information content (AvgIpc) is 2.79. The van der Waals surface area contributed by atoms with Crippen LogP contribution in [-0.2, 0) is 16.3 Å². The summed E-state index contributed by atoms with van der Waals surface area (Å²) in [6.45, 7) is 0.882. The fourth-order valence-electron chi connectivity index (χ4n) is 2.89. The van der Waals surface area contributed by atoms with Gasteiger partial charge in [-0.1, -0.05) is 18.2 Å². The summed E-state index contributed by atoms with van der Waals surface area (Å²) in [5.41, 5.74) is 8.42. The molecule has 1 aromatic carbocycles. The van der Waals surface area contributed by atoms with Crippen molar-refractivity contribution in [2.75, 3.05) is 23.0 Å². The van der Waals surface area contributed by atoms with E-state index in [9.17, 15) is 8.42 Å². The SMILES string of the molecule is NC1CS(=O)(=O)CC1N1CCc2ccccc21. The van der Waals surface area contributed by atoms with E-state index >= 15 is 0 Å². The minimum atomic E-state index is -2.95. The van der Waals surface area contributed by atoms with Crippen molar-refractivity contribution in [2.45, 2.75) is 18.5 Å². The van der Waals surface area contributed by atoms with E-state index in [-0.39, 0.29) is 23.6 Å². The molecule has 92 valence electrons. The van der Waals surface area contributed by atoms with Gasteiger partial charge in [0.15, 0.2) is 9.84 Å². The Morgan fingerprint density at radius 2 is 2.00 bits per heavy atom. The van der Waals surface area contributed by atoms with Crippen molar-refractivity contribution in [1.29, 1.82) is 0 Å². The number of nitrogens with two attached hydrogens (primary N) is 1. The molecule has 0 saturated carbocycles. The average molecular weight is 252 g/mol. The van der Waals surface area contributed by atoms with Crippen molar-refractivity contribution in [2.24, 2.45) is 5.73 Å². The molecule has 5 heteroatoms. The molecule has 1 aromatic rings. The lowest BCUT2D eigenvalue weighted by Gasteiger charge is -2.28. The Morgan fingerprint density at radius 3 is 2.71 bits per heavy atom. The number of hydrogen-bond donors (Lipinski definition) is 1. The maximum absolute atomic E-state index is 11.6. The second-order valence-corrected chi connectivity index (χ2v) is 7.03. The lowest BCUT2D eigenvalue weighted by atomic mass is 10.1. The number of anilines is 1. The van der Waals surface area contributed by atoms with E-state index in [2.05, 4.69) is 17.0 Å². The lowest BCUT2D eigenvalue weighted by Crippen LogP contribution is -2.46. The van der Waals surface area contributed by atoms with Crippen LogP contribution in [0.15, 0.2) is 24.3 Å². The Bertz CT molecular complexity index is 541. The third-order valence-corrected chi connectivity index (χ3v) is 5.43. The van der Waals surface area contributed by atoms with Crippen LogP contribution < -0.4 is 10.6 Å². The van der Waals surface area contributed by atoms with Gasteiger partial charge < -0.3 is 10.6 Å². The van der Waals surface area contributed by atoms with Crippen LogP contribution in [0.2, 0.25) is 0 Å². The second-order valence-electron chi connectivity index (χ2n) is 4.88. The van der Waals surface area contributed by atoms with Gasteiger partial charge in [-0.2, -0.15) is 0 Å². The molecule has 0 aromatic heterocycles. The van der Waals surface area contributed by atoms with Gasteiger partial charge >= 0.3 is 0 Å². The standard InChI is InChI=1S/C12H16N2O2S/c13-10-7-17(15,16)8-12(10)14-6-5-9-3-1-2-4-11(9)14/h1-4,10,12H,5-8,13H2. The van der Waals surface area contributed by atoms with Gasteiger partial charge in [0.2, 0.25) is 0 Å². The van der Waals surface area contributed by atoms with E-state index in [0.717, 1.165) is 18.7 Å². The van der Waals surface area contributed by atoms with Crippen LogP contribution in [0.25, 0.3) is 0 Å². The van der Waals surface area contributed by atoms with Crippen molar-refractivity contribution in [3.63, 3.8) is 0 Å². The zero-order valence-electron chi connectivity index (χ0n) is 9.54. The highest BCUT2D eigenvalue weighted by molar-refractivity contribution is 7.91. The Morgan fingerprint density at radius 1 is 1.24 bits per heavy atom. The first-order valence-electron chi connectivity index (χ1n) is 5.87. The molecule has 2 heterocycles. The molecule has 2 N–H and O–H groups in total. The summed E-state index contributed by atoms with van der Waals surface area (Å²) in [6.07, 6.45) is 0.986. The fourth-order valence-corrected chi connectivity index (χ4v) is 4.78. The Labute approximate surface area is 101 Å². The fraction of sp³-hybridized carbons (Fsp3) is 0.500. The molecule has 4 nitrogen and oxygen atoms in total. The quantitative estimate of drug-likeness (QED) is 0.774. The summed E-state index contributed by atoms with van der Waals surface area (Å²) >= 11 is 0. The van der Waals surface area contributed by atoms with Crippen molar-refractivity contribution in [3.05, 3.63) is 29.8 Å². The van der Waals surface area contributed by atoms with E-state index in [4.69, 9.17) is 5.73 Å². The van der Waals surface area contributed by atoms with Crippen LogP contribution in [0, 0.1) is 0 Å². The maximum atomic E-state index is 11.6. The Hall–Kier alpha value is -1.07. The third-order valence-electron chi connectivity index (χ3n) is 3.69. The molecular weight excluding hydrogens is 236 g/mol. The van der Waals surface area contributed by atoms with Gasteiger partial charge in [0.25, 0.3) is 0 Å². The van der Waals surface area contributed by atoms with Crippen LogP contribution in [-0.4, -0.2) is 38.6 Å². The second kappa shape index (κ2) is 3.71. The van der Waals surface area contributed by atoms with Crippen LogP contribution in [0.3, 0.4) is 0 Å². The summed E-state index contributed by atoms with van der Waals surface area (Å²) in [5, 5.41) is 0. The largest absolute Gasteiger partial charge is 0.365 e. The minimum Gasteiger partial charge on any atom is -0.365 e. The monoisotopic (exact) mass is 252 g/mol. The number of benzene rings is 1. The molecule has 0 bridgehead atoms. The molecule has 1 saturated heterocycles. The van der Waals surface area contributed by atoms with Crippen molar-refractivity contribution in [1.82, 2.24) is 0 Å². The van der Waals surface area contributed by atoms with Gasteiger partial charge in [-0.05, 0) is 18.1 Å². The molecule has 0 radical (unpaired) electrons. The molecular formula is C12H16N2O2S. The zero-order valence-corrected chi connectivity index (χ0v) is 10.4. The van der Waals surface area contributed by atoms with Crippen molar-refractivity contribution >= 4 is 15.5 Å². The number of hydrogen-bond acceptors (Lipinski definition) is 4. The smallest absolute Gasteiger partial charge is 0.153 e. The predicted octanol–water partition coefficient (Wildman–Crippen LogP) is 0.173. The maximum Gasteiger partial charge on any atom is 0.153 e. The molecule has 1 fully saturated rings. The first-order valence-corrected chi connectivity index (χ1v) is 7.69. The molecule has 17 heavy (non-hydrogen) atoms. The molecule has 2 unspecified atom stereocenters. The Kier molecular flexibility index (Phi) is 2.41. The normalized spacial score (nSPS) is 30.5. The third kappa shape index (κ3) is 1.83. The summed E-state index contributed by atoms with van der Waals surface area (Å²) in [6, 6.07) is 7.86. The number of nitrogens with zero attached hydrogens (tertiary/aromatic N) is 1. The highest BCUT2D eigenvalue weighted by Crippen LogP contribution is 2.32. The number of rotatable bonds is 1. The van der Waals surface area contributed by atoms with E-state index in [1.807, 2.05) is 12.1 Å². The van der Waals surface area contributed by atoms with Gasteiger partial charge in [0.05, 0.1) is 17.5 Å². The van der Waals surface area contributed by atoms with Gasteiger partial charge in [0.1, 0.15) is 0 Å². The minimum absolute atomic E-state index is 0.0522. The first-order chi connectivity index (χ1) is 8.07. The van der Waals surface area contributed by atoms with E-state index in [1.165, 1.54) is 5.56 Å². The highest BCUT2D eigenvalue weighted by atomic mass is 32.2. The lowest BCUT2D eigenvalue weighted by molar-refractivity contribution is 0.586. The van der Waals surface area contributed by atoms with E-state index < -0.39 is 9.84 Å². The summed E-state index contributed by atoms with van der Waals surface area (Å²) < 4.78 is 23.2. The van der Waals surface area contributed by atoms with E-state index in [0.29, 0.717) is 0 Å². The topological polar surface area (TPSA) is 63.4 Å². The van der Waals surface area contributed by atoms with Gasteiger partial charge in [0, 0.05) is 18.3 Å². The number of fused-ring (bicyclic) bond motifs is 1. The zero-order chi connectivity index (χ0) is 12.0. The molecule has 2 atom stereocenters. The van der Waals surface area contributed by atoms with Crippen LogP contribution in [0.1, 0.15) is 5.56 Å². The van der Waals surface area contributed by atoms with Crippen LogP contribution in [0.5, 0.6) is 0 Å². The van der Waals surface area contributed by atoms with Gasteiger partial charge in [-0.15, -0.1) is 0 Å².